The van der Waals surface area contributed by atoms with Gasteiger partial charge >= 0.3 is 5.97 Å². The van der Waals surface area contributed by atoms with E-state index in [9.17, 15) is 4.79 Å². The van der Waals surface area contributed by atoms with Crippen LogP contribution in [-0.4, -0.2) is 11.1 Å². The molecule has 0 radical (unpaired) electrons. The fraction of sp³-hybridized carbons (Fsp3) is 0.875. The summed E-state index contributed by atoms with van der Waals surface area (Å²) < 4.78 is 0. The first kappa shape index (κ1) is 7.58. The van der Waals surface area contributed by atoms with Crippen molar-refractivity contribution in [1.82, 2.24) is 0 Å². The lowest BCUT2D eigenvalue weighted by atomic mass is 10.1. The van der Waals surface area contributed by atoms with Crippen LogP contribution in [0.3, 0.4) is 0 Å². The molecule has 0 spiro atoms. The molecule has 0 amide bonds. The molecule has 2 nitrogen and oxygen atoms in total. The Bertz CT molecular complexity index is 131. The van der Waals surface area contributed by atoms with Crippen molar-refractivity contribution in [2.45, 2.75) is 32.6 Å². The van der Waals surface area contributed by atoms with Gasteiger partial charge in [0.25, 0.3) is 0 Å². The number of carboxylic acids is 1. The van der Waals surface area contributed by atoms with Gasteiger partial charge in [0.2, 0.25) is 0 Å². The molecule has 0 aromatic heterocycles. The summed E-state index contributed by atoms with van der Waals surface area (Å²) in [6.45, 7) is 2.23. The molecule has 1 aliphatic carbocycles. The Morgan fingerprint density at radius 1 is 1.70 bits per heavy atom. The van der Waals surface area contributed by atoms with Crippen molar-refractivity contribution in [3.63, 3.8) is 0 Å². The third-order valence-corrected chi connectivity index (χ3v) is 2.24. The van der Waals surface area contributed by atoms with E-state index in [4.69, 9.17) is 5.11 Å². The molecule has 0 heterocycles. The fourth-order valence-corrected chi connectivity index (χ4v) is 1.32. The van der Waals surface area contributed by atoms with E-state index in [0.717, 1.165) is 24.7 Å². The van der Waals surface area contributed by atoms with Gasteiger partial charge in [-0.05, 0) is 31.1 Å². The van der Waals surface area contributed by atoms with Crippen molar-refractivity contribution in [2.24, 2.45) is 11.8 Å². The lowest BCUT2D eigenvalue weighted by Gasteiger charge is -1.93. The molecule has 2 heteroatoms. The van der Waals surface area contributed by atoms with E-state index in [-0.39, 0.29) is 0 Å². The van der Waals surface area contributed by atoms with E-state index in [1.807, 2.05) is 0 Å². The second-order valence-electron chi connectivity index (χ2n) is 3.26. The molecule has 1 fully saturated rings. The van der Waals surface area contributed by atoms with Gasteiger partial charge in [-0.1, -0.05) is 6.92 Å². The first-order chi connectivity index (χ1) is 4.70. The van der Waals surface area contributed by atoms with Crippen molar-refractivity contribution < 1.29 is 9.90 Å². The molecule has 1 aliphatic rings. The third-order valence-electron chi connectivity index (χ3n) is 2.24. The molecule has 0 aromatic rings. The number of rotatable bonds is 4. The van der Waals surface area contributed by atoms with Crippen LogP contribution in [0.15, 0.2) is 0 Å². The van der Waals surface area contributed by atoms with Crippen molar-refractivity contribution in [2.75, 3.05) is 0 Å². The summed E-state index contributed by atoms with van der Waals surface area (Å²) in [6, 6.07) is 0. The van der Waals surface area contributed by atoms with Gasteiger partial charge in [0.05, 0.1) is 0 Å². The Balaban J connectivity index is 1.91. The van der Waals surface area contributed by atoms with Crippen LogP contribution in [0.5, 0.6) is 0 Å². The zero-order chi connectivity index (χ0) is 7.56. The van der Waals surface area contributed by atoms with Crippen molar-refractivity contribution in [3.8, 4) is 0 Å². The van der Waals surface area contributed by atoms with Crippen LogP contribution in [0.2, 0.25) is 0 Å². The van der Waals surface area contributed by atoms with Crippen LogP contribution in [0, 0.1) is 11.8 Å². The number of carboxylic acid groups (broad SMARTS) is 1. The molecular weight excluding hydrogens is 128 g/mol. The maximum Gasteiger partial charge on any atom is 0.303 e. The molecule has 0 bridgehead atoms. The predicted octanol–water partition coefficient (Wildman–Crippen LogP) is 1.90. The second-order valence-corrected chi connectivity index (χ2v) is 3.26. The van der Waals surface area contributed by atoms with Crippen LogP contribution < -0.4 is 0 Å². The maximum absolute atomic E-state index is 10.1. The highest BCUT2D eigenvalue weighted by Gasteiger charge is 2.31. The van der Waals surface area contributed by atoms with Crippen LogP contribution in [0.25, 0.3) is 0 Å². The average Bonchev–Trinajstić information content (AvgIpc) is 2.46. The molecule has 0 unspecified atom stereocenters. The molecule has 0 aromatic carbocycles. The lowest BCUT2D eigenvalue weighted by molar-refractivity contribution is -0.137. The highest BCUT2D eigenvalue weighted by Crippen LogP contribution is 2.41. The molecule has 1 rings (SSSR count). The maximum atomic E-state index is 10.1. The van der Waals surface area contributed by atoms with Crippen molar-refractivity contribution in [1.29, 1.82) is 0 Å². The molecule has 0 aliphatic heterocycles. The smallest absolute Gasteiger partial charge is 0.303 e. The number of carbonyl (C=O) groups is 1. The number of hydrogen-bond donors (Lipinski definition) is 1. The van der Waals surface area contributed by atoms with Crippen LogP contribution in [0.4, 0.5) is 0 Å². The molecular formula is C8H14O2. The van der Waals surface area contributed by atoms with Crippen LogP contribution in [-0.2, 0) is 4.79 Å². The van der Waals surface area contributed by atoms with Gasteiger partial charge in [0, 0.05) is 6.42 Å². The van der Waals surface area contributed by atoms with E-state index in [1.165, 1.54) is 6.42 Å². The molecule has 58 valence electrons. The molecule has 1 N–H and O–H groups in total. The molecule has 2 atom stereocenters. The van der Waals surface area contributed by atoms with Gasteiger partial charge in [-0.3, -0.25) is 4.79 Å². The Morgan fingerprint density at radius 3 is 2.70 bits per heavy atom. The Labute approximate surface area is 61.2 Å². The lowest BCUT2D eigenvalue weighted by Crippen LogP contribution is -1.94. The van der Waals surface area contributed by atoms with Gasteiger partial charge in [0.1, 0.15) is 0 Å². The fourth-order valence-electron chi connectivity index (χ4n) is 1.32. The third kappa shape index (κ3) is 2.38. The van der Waals surface area contributed by atoms with E-state index in [2.05, 4.69) is 6.92 Å². The normalized spacial score (nSPS) is 30.1. The standard InChI is InChI=1S/C8H14O2/c1-6-5-7(6)3-2-4-8(9)10/h6-7H,2-5H2,1H3,(H,9,10)/t6-,7+/m1/s1. The molecule has 1 saturated carbocycles. The van der Waals surface area contributed by atoms with E-state index in [0.29, 0.717) is 6.42 Å². The quantitative estimate of drug-likeness (QED) is 0.650. The van der Waals surface area contributed by atoms with Gasteiger partial charge < -0.3 is 5.11 Å². The van der Waals surface area contributed by atoms with Gasteiger partial charge in [-0.15, -0.1) is 0 Å². The minimum atomic E-state index is -0.659. The largest absolute Gasteiger partial charge is 0.481 e. The summed E-state index contributed by atoms with van der Waals surface area (Å²) >= 11 is 0. The predicted molar refractivity (Wildman–Crippen MR) is 38.8 cm³/mol. The first-order valence-corrected chi connectivity index (χ1v) is 3.92. The minimum Gasteiger partial charge on any atom is -0.481 e. The molecule has 0 saturated heterocycles. The Morgan fingerprint density at radius 2 is 2.30 bits per heavy atom. The zero-order valence-electron chi connectivity index (χ0n) is 6.34. The number of aliphatic carboxylic acids is 1. The van der Waals surface area contributed by atoms with E-state index < -0.39 is 5.97 Å². The van der Waals surface area contributed by atoms with E-state index in [1.54, 1.807) is 0 Å². The van der Waals surface area contributed by atoms with Gasteiger partial charge in [-0.2, -0.15) is 0 Å². The topological polar surface area (TPSA) is 37.3 Å². The van der Waals surface area contributed by atoms with Gasteiger partial charge in [0.15, 0.2) is 0 Å². The highest BCUT2D eigenvalue weighted by molar-refractivity contribution is 5.66. The van der Waals surface area contributed by atoms with Crippen LogP contribution in [0.1, 0.15) is 32.6 Å². The summed E-state index contributed by atoms with van der Waals surface area (Å²) in [5.74, 6) is 1.06. The zero-order valence-corrected chi connectivity index (χ0v) is 6.34. The van der Waals surface area contributed by atoms with Gasteiger partial charge in [-0.25, -0.2) is 0 Å². The Kier molecular flexibility index (Phi) is 2.30. The monoisotopic (exact) mass is 142 g/mol. The number of hydrogen-bond acceptors (Lipinski definition) is 1. The highest BCUT2D eigenvalue weighted by atomic mass is 16.4. The summed E-state index contributed by atoms with van der Waals surface area (Å²) in [5, 5.41) is 8.31. The van der Waals surface area contributed by atoms with Crippen LogP contribution >= 0.6 is 0 Å². The van der Waals surface area contributed by atoms with E-state index >= 15 is 0 Å². The average molecular weight is 142 g/mol. The summed E-state index contributed by atoms with van der Waals surface area (Å²) in [6.07, 6.45) is 3.65. The molecule has 10 heavy (non-hydrogen) atoms. The SMILES string of the molecule is C[C@@H]1C[C@@H]1CCCC(=O)O. The summed E-state index contributed by atoms with van der Waals surface area (Å²) in [7, 11) is 0. The van der Waals surface area contributed by atoms with Crippen molar-refractivity contribution >= 4 is 5.97 Å². The first-order valence-electron chi connectivity index (χ1n) is 3.92. The Hall–Kier alpha value is -0.530. The van der Waals surface area contributed by atoms with Crippen molar-refractivity contribution in [3.05, 3.63) is 0 Å². The summed E-state index contributed by atoms with van der Waals surface area (Å²) in [4.78, 5) is 10.1. The minimum absolute atomic E-state index is 0.350. The second kappa shape index (κ2) is 3.04. The summed E-state index contributed by atoms with van der Waals surface area (Å²) in [5.41, 5.74) is 0.